The molecule has 0 unspecified atom stereocenters. The van der Waals surface area contributed by atoms with Crippen molar-refractivity contribution >= 4 is 11.7 Å². The number of fused-ring (bicyclic) bond motifs is 2. The molecule has 0 radical (unpaired) electrons. The lowest BCUT2D eigenvalue weighted by Crippen LogP contribution is -2.41. The topological polar surface area (TPSA) is 57.1 Å². The lowest BCUT2D eigenvalue weighted by atomic mass is 9.74. The van der Waals surface area contributed by atoms with Gasteiger partial charge in [-0.1, -0.05) is 53.2 Å². The van der Waals surface area contributed by atoms with E-state index in [-0.39, 0.29) is 0 Å². The fraction of sp³-hybridized carbons (Fsp3) is 0.167. The van der Waals surface area contributed by atoms with Crippen molar-refractivity contribution in [2.24, 2.45) is 5.16 Å². The molecule has 2 atom stereocenters. The van der Waals surface area contributed by atoms with E-state index < -0.39 is 17.5 Å². The van der Waals surface area contributed by atoms with E-state index in [0.29, 0.717) is 17.0 Å². The first-order valence-corrected chi connectivity index (χ1v) is 9.42. The average Bonchev–Trinajstić information content (AvgIpc) is 3.28. The number of hydrogen-bond acceptors (Lipinski definition) is 5. The Kier molecular flexibility index (Phi) is 3.91. The fourth-order valence-corrected chi connectivity index (χ4v) is 4.06. The van der Waals surface area contributed by atoms with Crippen molar-refractivity contribution in [3.8, 4) is 11.5 Å². The minimum Gasteiger partial charge on any atom is -0.497 e. The van der Waals surface area contributed by atoms with Crippen molar-refractivity contribution in [3.63, 3.8) is 0 Å². The Morgan fingerprint density at radius 2 is 1.69 bits per heavy atom. The third-order valence-electron chi connectivity index (χ3n) is 5.56. The van der Waals surface area contributed by atoms with Crippen LogP contribution in [0.1, 0.15) is 28.2 Å². The minimum atomic E-state index is -1.33. The zero-order chi connectivity index (χ0) is 20.0. The molecule has 0 bridgehead atoms. The normalized spacial score (nSPS) is 22.1. The summed E-state index contributed by atoms with van der Waals surface area (Å²) < 4.78 is 10.9. The van der Waals surface area contributed by atoms with Crippen LogP contribution in [0.3, 0.4) is 0 Å². The predicted molar refractivity (Wildman–Crippen MR) is 108 cm³/mol. The third-order valence-corrected chi connectivity index (χ3v) is 5.56. The zero-order valence-electron chi connectivity index (χ0n) is 16.1. The van der Waals surface area contributed by atoms with Crippen molar-refractivity contribution in [1.29, 1.82) is 0 Å². The van der Waals surface area contributed by atoms with E-state index in [2.05, 4.69) is 5.16 Å². The molecule has 144 valence electrons. The first kappa shape index (κ1) is 17.5. The molecule has 5 heteroatoms. The molecule has 3 aromatic carbocycles. The van der Waals surface area contributed by atoms with Gasteiger partial charge in [0.2, 0.25) is 0 Å². The second-order valence-electron chi connectivity index (χ2n) is 7.26. The van der Waals surface area contributed by atoms with Gasteiger partial charge in [0.15, 0.2) is 0 Å². The van der Waals surface area contributed by atoms with E-state index in [0.717, 1.165) is 22.4 Å². The lowest BCUT2D eigenvalue weighted by molar-refractivity contribution is -0.157. The van der Waals surface area contributed by atoms with Crippen molar-refractivity contribution in [3.05, 3.63) is 95.1 Å². The number of esters is 1. The minimum absolute atomic E-state index is 0.437. The third kappa shape index (κ3) is 2.54. The van der Waals surface area contributed by atoms with Gasteiger partial charge >= 0.3 is 5.97 Å². The monoisotopic (exact) mass is 385 g/mol. The number of nitrogens with zero attached hydrogens (tertiary/aromatic N) is 1. The zero-order valence-corrected chi connectivity index (χ0v) is 16.1. The maximum absolute atomic E-state index is 13.1. The standard InChI is InChI=1S/C24H19NO4/c1-15-7-9-16(10-8-15)21-22(17-11-13-18(27-2)14-12-17)25-29-24(21)19-5-3-4-6-20(19)28-23(24)26/h3-14,21H,1-2H3/t21-,24+/m1/s1. The van der Waals surface area contributed by atoms with Gasteiger partial charge in [-0.25, -0.2) is 4.79 Å². The number of oxime groups is 1. The summed E-state index contributed by atoms with van der Waals surface area (Å²) in [4.78, 5) is 19.1. The van der Waals surface area contributed by atoms with E-state index in [4.69, 9.17) is 14.3 Å². The van der Waals surface area contributed by atoms with Crippen LogP contribution in [-0.4, -0.2) is 18.8 Å². The summed E-state index contributed by atoms with van der Waals surface area (Å²) in [5, 5.41) is 4.40. The summed E-state index contributed by atoms with van der Waals surface area (Å²) in [5.74, 6) is 0.380. The molecule has 5 rings (SSSR count). The summed E-state index contributed by atoms with van der Waals surface area (Å²) in [6.45, 7) is 2.03. The quantitative estimate of drug-likeness (QED) is 0.497. The molecular weight excluding hydrogens is 366 g/mol. The molecule has 1 spiro atoms. The highest BCUT2D eigenvalue weighted by atomic mass is 16.7. The molecule has 3 aromatic rings. The Balaban J connectivity index is 1.69. The molecule has 2 aliphatic rings. The molecule has 0 aromatic heterocycles. The van der Waals surface area contributed by atoms with Crippen LogP contribution in [-0.2, 0) is 15.2 Å². The largest absolute Gasteiger partial charge is 0.497 e. The highest BCUT2D eigenvalue weighted by molar-refractivity contribution is 6.11. The molecule has 0 amide bonds. The first-order chi connectivity index (χ1) is 14.1. The Morgan fingerprint density at radius 3 is 2.41 bits per heavy atom. The van der Waals surface area contributed by atoms with Gasteiger partial charge in [-0.2, -0.15) is 0 Å². The summed E-state index contributed by atoms with van der Waals surface area (Å²) in [6, 6.07) is 23.0. The molecule has 29 heavy (non-hydrogen) atoms. The van der Waals surface area contributed by atoms with Crippen LogP contribution in [0.25, 0.3) is 0 Å². The number of aryl methyl sites for hydroxylation is 1. The van der Waals surface area contributed by atoms with Crippen LogP contribution in [0.5, 0.6) is 11.5 Å². The van der Waals surface area contributed by atoms with Crippen molar-refractivity contribution in [2.75, 3.05) is 7.11 Å². The molecule has 2 heterocycles. The summed E-state index contributed by atoms with van der Waals surface area (Å²) in [7, 11) is 1.63. The van der Waals surface area contributed by atoms with Gasteiger partial charge in [0, 0.05) is 5.56 Å². The number of hydrogen-bond donors (Lipinski definition) is 0. The number of benzene rings is 3. The van der Waals surface area contributed by atoms with Gasteiger partial charge in [-0.15, -0.1) is 0 Å². The molecule has 0 saturated carbocycles. The molecule has 5 nitrogen and oxygen atoms in total. The maximum atomic E-state index is 13.1. The highest BCUT2D eigenvalue weighted by Gasteiger charge is 2.63. The Labute approximate surface area is 168 Å². The summed E-state index contributed by atoms with van der Waals surface area (Å²) in [5.41, 5.74) is 3.00. The van der Waals surface area contributed by atoms with Gasteiger partial charge in [0.1, 0.15) is 11.5 Å². The first-order valence-electron chi connectivity index (χ1n) is 9.42. The highest BCUT2D eigenvalue weighted by Crippen LogP contribution is 2.53. The van der Waals surface area contributed by atoms with Crippen LogP contribution < -0.4 is 9.47 Å². The average molecular weight is 385 g/mol. The number of carbonyl (C=O) groups excluding carboxylic acids is 1. The molecule has 0 saturated heterocycles. The Morgan fingerprint density at radius 1 is 0.966 bits per heavy atom. The smallest absolute Gasteiger partial charge is 0.364 e. The lowest BCUT2D eigenvalue weighted by Gasteiger charge is -2.26. The van der Waals surface area contributed by atoms with E-state index in [1.807, 2.05) is 73.7 Å². The number of ether oxygens (including phenoxy) is 2. The number of para-hydroxylation sites is 1. The van der Waals surface area contributed by atoms with Crippen molar-refractivity contribution in [1.82, 2.24) is 0 Å². The molecule has 0 N–H and O–H groups in total. The van der Waals surface area contributed by atoms with Crippen molar-refractivity contribution < 1.29 is 19.1 Å². The van der Waals surface area contributed by atoms with E-state index in [1.165, 1.54) is 0 Å². The summed E-state index contributed by atoms with van der Waals surface area (Å²) >= 11 is 0. The number of carbonyl (C=O) groups is 1. The van der Waals surface area contributed by atoms with Gasteiger partial charge in [0.05, 0.1) is 24.3 Å². The second kappa shape index (κ2) is 6.48. The molecule has 2 aliphatic heterocycles. The number of methoxy groups -OCH3 is 1. The van der Waals surface area contributed by atoms with Crippen LogP contribution in [0.2, 0.25) is 0 Å². The van der Waals surface area contributed by atoms with E-state index >= 15 is 0 Å². The molecule has 0 fully saturated rings. The van der Waals surface area contributed by atoms with Gasteiger partial charge in [0.25, 0.3) is 5.60 Å². The SMILES string of the molecule is COc1ccc(C2=NO[C@]3(C(=O)Oc4ccccc43)[C@@H]2c2ccc(C)cc2)cc1. The van der Waals surface area contributed by atoms with E-state index in [9.17, 15) is 4.79 Å². The second-order valence-corrected chi connectivity index (χ2v) is 7.26. The maximum Gasteiger partial charge on any atom is 0.364 e. The van der Waals surface area contributed by atoms with E-state index in [1.54, 1.807) is 13.2 Å². The molecule has 0 aliphatic carbocycles. The number of rotatable bonds is 3. The van der Waals surface area contributed by atoms with Crippen LogP contribution in [0.4, 0.5) is 0 Å². The Bertz CT molecular complexity index is 1120. The van der Waals surface area contributed by atoms with Gasteiger partial charge in [-0.3, -0.25) is 0 Å². The predicted octanol–water partition coefficient (Wildman–Crippen LogP) is 4.34. The van der Waals surface area contributed by atoms with Gasteiger partial charge in [-0.05, 0) is 42.8 Å². The fourth-order valence-electron chi connectivity index (χ4n) is 4.06. The Hall–Kier alpha value is -3.60. The van der Waals surface area contributed by atoms with Crippen molar-refractivity contribution in [2.45, 2.75) is 18.4 Å². The molecular formula is C24H19NO4. The van der Waals surface area contributed by atoms with Crippen LogP contribution in [0.15, 0.2) is 78.0 Å². The summed E-state index contributed by atoms with van der Waals surface area (Å²) in [6.07, 6.45) is 0. The van der Waals surface area contributed by atoms with Crippen LogP contribution >= 0.6 is 0 Å². The van der Waals surface area contributed by atoms with Crippen LogP contribution in [0, 0.1) is 6.92 Å². The van der Waals surface area contributed by atoms with Gasteiger partial charge < -0.3 is 14.3 Å².